The molecule has 1 fully saturated rings. The van der Waals surface area contributed by atoms with Crippen molar-refractivity contribution in [1.82, 2.24) is 10.2 Å². The largest absolute Gasteiger partial charge is 0.493 e. The number of morpholine rings is 1. The van der Waals surface area contributed by atoms with E-state index >= 15 is 0 Å². The number of benzene rings is 1. The Hall–Kier alpha value is -1.50. The van der Waals surface area contributed by atoms with Crippen molar-refractivity contribution in [1.29, 1.82) is 0 Å². The average molecular weight is 342 g/mol. The summed E-state index contributed by atoms with van der Waals surface area (Å²) >= 11 is 6.02. The van der Waals surface area contributed by atoms with Gasteiger partial charge in [0.25, 0.3) is 5.91 Å². The summed E-state index contributed by atoms with van der Waals surface area (Å²) < 4.78 is 11.2. The third-order valence-corrected chi connectivity index (χ3v) is 4.13. The molecule has 3 N–H and O–H groups in total. The van der Waals surface area contributed by atoms with E-state index in [2.05, 4.69) is 17.1 Å². The standard InChI is InChI=1S/C16H24ClN3O3/c1-3-20-5-6-23-11(10-20)9-19-16(21)12-7-13(17)14(18)8-15(12)22-4-2/h7-8,11H,3-6,9-10,18H2,1-2H3,(H,19,21). The summed E-state index contributed by atoms with van der Waals surface area (Å²) in [4.78, 5) is 14.7. The smallest absolute Gasteiger partial charge is 0.255 e. The number of carbonyl (C=O) groups excluding carboxylic acids is 1. The van der Waals surface area contributed by atoms with Crippen molar-refractivity contribution in [3.8, 4) is 5.75 Å². The van der Waals surface area contributed by atoms with Crippen molar-refractivity contribution in [2.75, 3.05) is 45.1 Å². The minimum Gasteiger partial charge on any atom is -0.493 e. The maximum atomic E-state index is 12.4. The number of amides is 1. The van der Waals surface area contributed by atoms with Gasteiger partial charge in [0, 0.05) is 25.7 Å². The van der Waals surface area contributed by atoms with Crippen molar-refractivity contribution < 1.29 is 14.3 Å². The first-order valence-corrected chi connectivity index (χ1v) is 8.26. The Labute approximate surface area is 141 Å². The van der Waals surface area contributed by atoms with Crippen LogP contribution in [-0.2, 0) is 4.74 Å². The highest BCUT2D eigenvalue weighted by Gasteiger charge is 2.21. The number of nitrogens with one attached hydrogen (secondary N) is 1. The Balaban J connectivity index is 2.01. The molecule has 1 aromatic rings. The quantitative estimate of drug-likeness (QED) is 0.771. The molecule has 0 aliphatic carbocycles. The minimum absolute atomic E-state index is 0.00699. The molecular formula is C16H24ClN3O3. The third kappa shape index (κ3) is 4.73. The van der Waals surface area contributed by atoms with Crippen LogP contribution in [0.3, 0.4) is 0 Å². The Morgan fingerprint density at radius 1 is 1.52 bits per heavy atom. The molecule has 1 aliphatic rings. The molecule has 0 radical (unpaired) electrons. The van der Waals surface area contributed by atoms with E-state index in [1.807, 2.05) is 6.92 Å². The lowest BCUT2D eigenvalue weighted by atomic mass is 10.1. The number of hydrogen-bond acceptors (Lipinski definition) is 5. The number of halogens is 1. The highest BCUT2D eigenvalue weighted by molar-refractivity contribution is 6.33. The fourth-order valence-electron chi connectivity index (χ4n) is 2.51. The molecule has 6 nitrogen and oxygen atoms in total. The van der Waals surface area contributed by atoms with Crippen LogP contribution in [0.25, 0.3) is 0 Å². The van der Waals surface area contributed by atoms with E-state index in [0.29, 0.717) is 41.8 Å². The maximum Gasteiger partial charge on any atom is 0.255 e. The molecule has 1 heterocycles. The van der Waals surface area contributed by atoms with Gasteiger partial charge in [0.05, 0.1) is 35.6 Å². The Morgan fingerprint density at radius 3 is 3.00 bits per heavy atom. The van der Waals surface area contributed by atoms with Crippen LogP contribution in [0, 0.1) is 0 Å². The van der Waals surface area contributed by atoms with Gasteiger partial charge in [-0.2, -0.15) is 0 Å². The number of ether oxygens (including phenoxy) is 2. The van der Waals surface area contributed by atoms with E-state index < -0.39 is 0 Å². The number of rotatable bonds is 6. The molecule has 128 valence electrons. The highest BCUT2D eigenvalue weighted by atomic mass is 35.5. The van der Waals surface area contributed by atoms with Crippen LogP contribution in [-0.4, -0.2) is 56.3 Å². The van der Waals surface area contributed by atoms with Crippen LogP contribution in [0.15, 0.2) is 12.1 Å². The van der Waals surface area contributed by atoms with E-state index in [1.165, 1.54) is 6.07 Å². The summed E-state index contributed by atoms with van der Waals surface area (Å²) in [6.07, 6.45) is -0.00699. The van der Waals surface area contributed by atoms with Gasteiger partial charge in [0.15, 0.2) is 0 Å². The molecule has 0 spiro atoms. The van der Waals surface area contributed by atoms with E-state index in [-0.39, 0.29) is 12.0 Å². The first kappa shape index (κ1) is 17.8. The molecular weight excluding hydrogens is 318 g/mol. The summed E-state index contributed by atoms with van der Waals surface area (Å²) in [5.74, 6) is 0.194. The summed E-state index contributed by atoms with van der Waals surface area (Å²) in [6.45, 7) is 8.28. The van der Waals surface area contributed by atoms with Crippen LogP contribution in [0.5, 0.6) is 5.75 Å². The van der Waals surface area contributed by atoms with Gasteiger partial charge in [0.1, 0.15) is 5.75 Å². The van der Waals surface area contributed by atoms with Crippen LogP contribution in [0.2, 0.25) is 5.02 Å². The molecule has 0 saturated carbocycles. The number of likely N-dealkylation sites (N-methyl/N-ethyl adjacent to an activating group) is 1. The van der Waals surface area contributed by atoms with Gasteiger partial charge < -0.3 is 20.5 Å². The summed E-state index contributed by atoms with van der Waals surface area (Å²) in [5.41, 5.74) is 6.55. The predicted octanol–water partition coefficient (Wildman–Crippen LogP) is 1.77. The van der Waals surface area contributed by atoms with Crippen molar-refractivity contribution in [2.45, 2.75) is 20.0 Å². The number of anilines is 1. The molecule has 1 unspecified atom stereocenters. The Morgan fingerprint density at radius 2 is 2.30 bits per heavy atom. The molecule has 1 amide bonds. The summed E-state index contributed by atoms with van der Waals surface area (Å²) in [6, 6.07) is 3.12. The molecule has 0 bridgehead atoms. The van der Waals surface area contributed by atoms with Gasteiger partial charge in [0.2, 0.25) is 0 Å². The zero-order valence-corrected chi connectivity index (χ0v) is 14.4. The van der Waals surface area contributed by atoms with E-state index in [4.69, 9.17) is 26.8 Å². The van der Waals surface area contributed by atoms with Crippen molar-refractivity contribution in [3.05, 3.63) is 22.7 Å². The molecule has 2 rings (SSSR count). The van der Waals surface area contributed by atoms with Gasteiger partial charge >= 0.3 is 0 Å². The summed E-state index contributed by atoms with van der Waals surface area (Å²) in [7, 11) is 0. The normalized spacial score (nSPS) is 18.7. The fourth-order valence-corrected chi connectivity index (χ4v) is 2.68. The number of carbonyl (C=O) groups is 1. The van der Waals surface area contributed by atoms with E-state index in [0.717, 1.165) is 19.6 Å². The molecule has 7 heteroatoms. The fraction of sp³-hybridized carbons (Fsp3) is 0.562. The van der Waals surface area contributed by atoms with Gasteiger partial charge in [-0.15, -0.1) is 0 Å². The lowest BCUT2D eigenvalue weighted by molar-refractivity contribution is -0.0246. The topological polar surface area (TPSA) is 76.8 Å². The van der Waals surface area contributed by atoms with Gasteiger partial charge in [-0.25, -0.2) is 0 Å². The van der Waals surface area contributed by atoms with Crippen molar-refractivity contribution in [2.24, 2.45) is 0 Å². The maximum absolute atomic E-state index is 12.4. The monoisotopic (exact) mass is 341 g/mol. The van der Waals surface area contributed by atoms with E-state index in [9.17, 15) is 4.79 Å². The second-order valence-electron chi connectivity index (χ2n) is 5.40. The van der Waals surface area contributed by atoms with Crippen molar-refractivity contribution in [3.63, 3.8) is 0 Å². The average Bonchev–Trinajstić information content (AvgIpc) is 2.56. The molecule has 1 aromatic carbocycles. The zero-order chi connectivity index (χ0) is 16.8. The van der Waals surface area contributed by atoms with Gasteiger partial charge in [-0.1, -0.05) is 18.5 Å². The van der Waals surface area contributed by atoms with Crippen LogP contribution in [0.1, 0.15) is 24.2 Å². The van der Waals surface area contributed by atoms with Crippen molar-refractivity contribution >= 4 is 23.2 Å². The SMILES string of the molecule is CCOc1cc(N)c(Cl)cc1C(=O)NCC1CN(CC)CCO1. The molecule has 0 aromatic heterocycles. The Bertz CT molecular complexity index is 554. The number of nitrogen functional groups attached to an aromatic ring is 1. The second kappa shape index (κ2) is 8.38. The van der Waals surface area contributed by atoms with Gasteiger partial charge in [-0.3, -0.25) is 9.69 Å². The van der Waals surface area contributed by atoms with Crippen LogP contribution >= 0.6 is 11.6 Å². The lowest BCUT2D eigenvalue weighted by Crippen LogP contribution is -2.47. The molecule has 1 saturated heterocycles. The van der Waals surface area contributed by atoms with Crippen LogP contribution < -0.4 is 15.8 Å². The van der Waals surface area contributed by atoms with E-state index in [1.54, 1.807) is 6.07 Å². The molecule has 23 heavy (non-hydrogen) atoms. The number of nitrogens with zero attached hydrogens (tertiary/aromatic N) is 1. The van der Waals surface area contributed by atoms with Gasteiger partial charge in [-0.05, 0) is 19.5 Å². The number of hydrogen-bond donors (Lipinski definition) is 2. The first-order chi connectivity index (χ1) is 11.0. The van der Waals surface area contributed by atoms with Crippen LogP contribution in [0.4, 0.5) is 5.69 Å². The molecule has 1 aliphatic heterocycles. The number of nitrogens with two attached hydrogens (primary N) is 1. The second-order valence-corrected chi connectivity index (χ2v) is 5.81. The Kier molecular flexibility index (Phi) is 6.50. The minimum atomic E-state index is -0.243. The first-order valence-electron chi connectivity index (χ1n) is 7.89. The third-order valence-electron chi connectivity index (χ3n) is 3.80. The lowest BCUT2D eigenvalue weighted by Gasteiger charge is -2.32. The molecule has 1 atom stereocenters. The highest BCUT2D eigenvalue weighted by Crippen LogP contribution is 2.29. The summed E-state index contributed by atoms with van der Waals surface area (Å²) in [5, 5.41) is 3.23. The zero-order valence-electron chi connectivity index (χ0n) is 13.6. The predicted molar refractivity (Wildman–Crippen MR) is 91.2 cm³/mol.